The second kappa shape index (κ2) is 11.4. The van der Waals surface area contributed by atoms with Gasteiger partial charge in [0.05, 0.1) is 31.1 Å². The van der Waals surface area contributed by atoms with Crippen molar-refractivity contribution in [2.45, 2.75) is 49.8 Å². The largest absolute Gasteiger partial charge is 0.488 e. The Balaban J connectivity index is 1.70. The summed E-state index contributed by atoms with van der Waals surface area (Å²) >= 11 is 0. The number of aryl methyl sites for hydroxylation is 3. The fourth-order valence-corrected chi connectivity index (χ4v) is 7.13. The lowest BCUT2D eigenvalue weighted by molar-refractivity contribution is 0.0387. The summed E-state index contributed by atoms with van der Waals surface area (Å²) in [6.45, 7) is 6.27. The number of rotatable bonds is 9. The molecule has 1 aliphatic heterocycles. The number of nitrogens with one attached hydrogen (secondary N) is 1. The van der Waals surface area contributed by atoms with Crippen LogP contribution in [0.5, 0.6) is 5.75 Å². The molecular weight excluding hydrogens is 576 g/mol. The molecule has 3 atom stereocenters. The average molecular weight is 611 g/mol. The number of aromatic nitrogens is 3. The van der Waals surface area contributed by atoms with Crippen molar-refractivity contribution in [1.82, 2.24) is 23.9 Å². The number of nitrogens with zero attached hydrogens (tertiary/aromatic N) is 5. The van der Waals surface area contributed by atoms with Crippen molar-refractivity contribution in [1.29, 1.82) is 0 Å². The first-order valence-corrected chi connectivity index (χ1v) is 15.7. The molecule has 16 heteroatoms. The molecule has 0 aliphatic carbocycles. The standard InChI is InChI=1S/C25H34N6O8S2/c1-15-10-31(16(2)13-32)25(33)20-9-19(28-40(34,35)24-17(3)27-39-18(24)4)7-8-21(20)38-22(15)11-30(6)41(36,37)23-12-29(5)14-26-23/h7-9,12,14-16,22,28,32H,10-11,13H2,1-6H3/t15-,16-,22+/m0/s1. The number of amides is 1. The van der Waals surface area contributed by atoms with Crippen LogP contribution >= 0.6 is 0 Å². The minimum atomic E-state index is -4.10. The molecule has 1 aromatic carbocycles. The number of carbonyl (C=O) groups is 1. The van der Waals surface area contributed by atoms with E-state index in [1.807, 2.05) is 6.92 Å². The fraction of sp³-hybridized carbons (Fsp3) is 0.480. The number of aliphatic hydroxyl groups excluding tert-OH is 1. The van der Waals surface area contributed by atoms with Crippen molar-refractivity contribution < 1.29 is 36.0 Å². The summed E-state index contributed by atoms with van der Waals surface area (Å²) < 4.78 is 68.8. The molecule has 0 bridgehead atoms. The molecule has 2 aromatic heterocycles. The van der Waals surface area contributed by atoms with Crippen molar-refractivity contribution in [3.63, 3.8) is 0 Å². The van der Waals surface area contributed by atoms with Gasteiger partial charge in [0.15, 0.2) is 15.7 Å². The van der Waals surface area contributed by atoms with Crippen LogP contribution in [0, 0.1) is 19.8 Å². The van der Waals surface area contributed by atoms with Gasteiger partial charge in [-0.15, -0.1) is 0 Å². The number of aliphatic hydroxyl groups is 1. The number of anilines is 1. The maximum absolute atomic E-state index is 13.7. The van der Waals surface area contributed by atoms with Crippen LogP contribution in [0.2, 0.25) is 0 Å². The van der Waals surface area contributed by atoms with Gasteiger partial charge in [0.2, 0.25) is 0 Å². The number of hydrogen-bond donors (Lipinski definition) is 2. The van der Waals surface area contributed by atoms with Crippen LogP contribution in [0.4, 0.5) is 5.69 Å². The number of sulfonamides is 2. The molecule has 4 rings (SSSR count). The summed E-state index contributed by atoms with van der Waals surface area (Å²) in [5, 5.41) is 13.5. The van der Waals surface area contributed by atoms with Gasteiger partial charge in [0.25, 0.3) is 26.0 Å². The second-order valence-corrected chi connectivity index (χ2v) is 13.9. The quantitative estimate of drug-likeness (QED) is 0.360. The van der Waals surface area contributed by atoms with Gasteiger partial charge in [-0.3, -0.25) is 9.52 Å². The van der Waals surface area contributed by atoms with Gasteiger partial charge >= 0.3 is 0 Å². The Morgan fingerprint density at radius 1 is 1.24 bits per heavy atom. The predicted molar refractivity (Wildman–Crippen MR) is 147 cm³/mol. The van der Waals surface area contributed by atoms with Crippen molar-refractivity contribution in [3.8, 4) is 5.75 Å². The highest BCUT2D eigenvalue weighted by Gasteiger charge is 2.36. The van der Waals surface area contributed by atoms with Crippen LogP contribution in [0.3, 0.4) is 0 Å². The van der Waals surface area contributed by atoms with Gasteiger partial charge in [-0.1, -0.05) is 12.1 Å². The summed E-state index contributed by atoms with van der Waals surface area (Å²) in [6.07, 6.45) is 2.09. The molecule has 0 saturated heterocycles. The first kappa shape index (κ1) is 30.5. The summed E-state index contributed by atoms with van der Waals surface area (Å²) in [5.41, 5.74) is 0.332. The van der Waals surface area contributed by atoms with Crippen LogP contribution in [0.25, 0.3) is 0 Å². The lowest BCUT2D eigenvalue weighted by Gasteiger charge is -2.38. The first-order chi connectivity index (χ1) is 19.1. The zero-order chi connectivity index (χ0) is 30.3. The normalized spacial score (nSPS) is 18.9. The molecule has 0 radical (unpaired) electrons. The fourth-order valence-electron chi connectivity index (χ4n) is 4.60. The Kier molecular flexibility index (Phi) is 8.50. The highest BCUT2D eigenvalue weighted by Crippen LogP contribution is 2.32. The molecule has 1 amide bonds. The maximum Gasteiger partial charge on any atom is 0.267 e. The Morgan fingerprint density at radius 3 is 2.54 bits per heavy atom. The third kappa shape index (κ3) is 6.10. The number of ether oxygens (including phenoxy) is 1. The number of hydrogen-bond acceptors (Lipinski definition) is 10. The number of imidazole rings is 1. The molecule has 41 heavy (non-hydrogen) atoms. The minimum absolute atomic E-state index is 0.0522. The van der Waals surface area contributed by atoms with Crippen LogP contribution in [0.1, 0.15) is 35.7 Å². The highest BCUT2D eigenvalue weighted by molar-refractivity contribution is 7.92. The molecule has 0 fully saturated rings. The number of carbonyl (C=O) groups excluding carboxylic acids is 1. The van der Waals surface area contributed by atoms with E-state index in [0.29, 0.717) is 0 Å². The van der Waals surface area contributed by atoms with Crippen molar-refractivity contribution in [3.05, 3.63) is 47.7 Å². The smallest absolute Gasteiger partial charge is 0.267 e. The molecule has 0 unspecified atom stereocenters. The predicted octanol–water partition coefficient (Wildman–Crippen LogP) is 1.37. The second-order valence-electron chi connectivity index (χ2n) is 10.3. The lowest BCUT2D eigenvalue weighted by Crippen LogP contribution is -2.50. The number of fused-ring (bicyclic) bond motifs is 1. The topological polar surface area (TPSA) is 177 Å². The van der Waals surface area contributed by atoms with Gasteiger partial charge in [-0.2, -0.15) is 4.31 Å². The van der Waals surface area contributed by atoms with E-state index in [1.165, 1.54) is 61.1 Å². The van der Waals surface area contributed by atoms with Crippen LogP contribution in [0.15, 0.2) is 45.2 Å². The molecule has 2 N–H and O–H groups in total. The minimum Gasteiger partial charge on any atom is -0.488 e. The third-order valence-electron chi connectivity index (χ3n) is 6.95. The Hall–Kier alpha value is -3.47. The Bertz CT molecular complexity index is 1630. The van der Waals surface area contributed by atoms with Crippen LogP contribution < -0.4 is 9.46 Å². The average Bonchev–Trinajstić information content (AvgIpc) is 3.50. The molecule has 14 nitrogen and oxygen atoms in total. The monoisotopic (exact) mass is 610 g/mol. The van der Waals surface area contributed by atoms with Gasteiger partial charge in [0.1, 0.15) is 17.5 Å². The van der Waals surface area contributed by atoms with E-state index in [1.54, 1.807) is 14.0 Å². The van der Waals surface area contributed by atoms with Gasteiger partial charge in [-0.25, -0.2) is 21.8 Å². The molecular formula is C25H34N6O8S2. The van der Waals surface area contributed by atoms with Gasteiger partial charge < -0.3 is 23.8 Å². The molecule has 224 valence electrons. The van der Waals surface area contributed by atoms with E-state index >= 15 is 0 Å². The third-order valence-corrected chi connectivity index (χ3v) is 10.3. The molecule has 1 aliphatic rings. The summed E-state index contributed by atoms with van der Waals surface area (Å²) in [6, 6.07) is 3.68. The molecule has 0 spiro atoms. The SMILES string of the molecule is Cc1noc(C)c1S(=O)(=O)Nc1ccc2c(c1)C(=O)N([C@@H](C)CO)C[C@H](C)[C@@H](CN(C)S(=O)(=O)c1cn(C)cn1)O2. The maximum atomic E-state index is 13.7. The van der Waals surface area contributed by atoms with Gasteiger partial charge in [-0.05, 0) is 39.0 Å². The first-order valence-electron chi connectivity index (χ1n) is 12.8. The van der Waals surface area contributed by atoms with Crippen molar-refractivity contribution >= 4 is 31.6 Å². The summed E-state index contributed by atoms with van der Waals surface area (Å²) in [4.78, 5) is 19.0. The zero-order valence-electron chi connectivity index (χ0n) is 23.6. The van der Waals surface area contributed by atoms with E-state index < -0.39 is 38.1 Å². The molecule has 3 aromatic rings. The Labute approximate surface area is 239 Å². The van der Waals surface area contributed by atoms with Gasteiger partial charge in [0, 0.05) is 38.4 Å². The Morgan fingerprint density at radius 2 is 1.95 bits per heavy atom. The molecule has 0 saturated carbocycles. The highest BCUT2D eigenvalue weighted by atomic mass is 32.2. The van der Waals surface area contributed by atoms with Crippen molar-refractivity contribution in [2.24, 2.45) is 13.0 Å². The number of benzene rings is 1. The zero-order valence-corrected chi connectivity index (χ0v) is 25.2. The van der Waals surface area contributed by atoms with Crippen LogP contribution in [-0.4, -0.2) is 90.7 Å². The summed E-state index contributed by atoms with van der Waals surface area (Å²) in [7, 11) is -4.94. The van der Waals surface area contributed by atoms with E-state index in [2.05, 4.69) is 14.9 Å². The van der Waals surface area contributed by atoms with Crippen LogP contribution in [-0.2, 0) is 27.1 Å². The van der Waals surface area contributed by atoms with E-state index in [4.69, 9.17) is 9.26 Å². The van der Waals surface area contributed by atoms with E-state index in [-0.39, 0.29) is 64.0 Å². The van der Waals surface area contributed by atoms with Crippen molar-refractivity contribution in [2.75, 3.05) is 31.5 Å². The van der Waals surface area contributed by atoms with E-state index in [9.17, 15) is 26.7 Å². The van der Waals surface area contributed by atoms with E-state index in [0.717, 1.165) is 4.31 Å². The summed E-state index contributed by atoms with van der Waals surface area (Å²) in [5.74, 6) is -0.560. The lowest BCUT2D eigenvalue weighted by atomic mass is 9.99. The number of likely N-dealkylation sites (N-methyl/N-ethyl adjacent to an activating group) is 1. The molecule has 3 heterocycles.